The van der Waals surface area contributed by atoms with Gasteiger partial charge in [0.25, 0.3) is 0 Å². The fraction of sp³-hybridized carbons (Fsp3) is 0.643. The summed E-state index contributed by atoms with van der Waals surface area (Å²) in [5.74, 6) is 0.957. The van der Waals surface area contributed by atoms with Gasteiger partial charge in [-0.25, -0.2) is 0 Å². The van der Waals surface area contributed by atoms with Crippen molar-refractivity contribution in [2.24, 2.45) is 5.92 Å². The Labute approximate surface area is 103 Å². The molecular formula is C14H20ClN. The standard InChI is InChI=1S/C14H20ClN/c15-14(6-5-12-3-1-2-4-12)11-13-7-9-16-10-8-13/h7-10,12,14H,1-6,11H2. The number of halogens is 1. The first-order valence-electron chi connectivity index (χ1n) is 6.37. The van der Waals surface area contributed by atoms with Crippen LogP contribution in [0.3, 0.4) is 0 Å². The minimum Gasteiger partial charge on any atom is -0.265 e. The first-order chi connectivity index (χ1) is 7.84. The van der Waals surface area contributed by atoms with Crippen LogP contribution in [0.4, 0.5) is 0 Å². The maximum atomic E-state index is 6.37. The van der Waals surface area contributed by atoms with Crippen LogP contribution in [0.5, 0.6) is 0 Å². The molecule has 0 aromatic carbocycles. The Balaban J connectivity index is 1.69. The highest BCUT2D eigenvalue weighted by molar-refractivity contribution is 6.20. The zero-order chi connectivity index (χ0) is 11.2. The van der Waals surface area contributed by atoms with Crippen LogP contribution in [0, 0.1) is 5.92 Å². The van der Waals surface area contributed by atoms with Gasteiger partial charge < -0.3 is 0 Å². The summed E-state index contributed by atoms with van der Waals surface area (Å²) in [4.78, 5) is 4.02. The topological polar surface area (TPSA) is 12.9 Å². The van der Waals surface area contributed by atoms with Crippen molar-refractivity contribution in [1.82, 2.24) is 4.98 Å². The van der Waals surface area contributed by atoms with Gasteiger partial charge in [0.1, 0.15) is 0 Å². The summed E-state index contributed by atoms with van der Waals surface area (Å²) >= 11 is 6.37. The summed E-state index contributed by atoms with van der Waals surface area (Å²) in [6, 6.07) is 4.12. The molecule has 2 heteroatoms. The zero-order valence-corrected chi connectivity index (χ0v) is 10.5. The van der Waals surface area contributed by atoms with Gasteiger partial charge in [-0.1, -0.05) is 25.7 Å². The van der Waals surface area contributed by atoms with E-state index in [9.17, 15) is 0 Å². The van der Waals surface area contributed by atoms with E-state index in [1.807, 2.05) is 12.4 Å². The third-order valence-electron chi connectivity index (χ3n) is 3.57. The summed E-state index contributed by atoms with van der Waals surface area (Å²) in [6.45, 7) is 0. The minimum atomic E-state index is 0.294. The largest absolute Gasteiger partial charge is 0.265 e. The summed E-state index contributed by atoms with van der Waals surface area (Å²) in [5.41, 5.74) is 1.31. The van der Waals surface area contributed by atoms with E-state index in [2.05, 4.69) is 17.1 Å². The fourth-order valence-corrected chi connectivity index (χ4v) is 2.90. The van der Waals surface area contributed by atoms with E-state index in [0.717, 1.165) is 18.8 Å². The van der Waals surface area contributed by atoms with Crippen molar-refractivity contribution in [2.75, 3.05) is 0 Å². The molecule has 0 amide bonds. The van der Waals surface area contributed by atoms with E-state index in [1.165, 1.54) is 37.7 Å². The summed E-state index contributed by atoms with van der Waals surface area (Å²) in [6.07, 6.45) is 12.9. The lowest BCUT2D eigenvalue weighted by Gasteiger charge is -2.12. The first kappa shape index (κ1) is 11.9. The quantitative estimate of drug-likeness (QED) is 0.700. The monoisotopic (exact) mass is 237 g/mol. The number of rotatable bonds is 5. The predicted octanol–water partition coefficient (Wildman–Crippen LogP) is 4.20. The van der Waals surface area contributed by atoms with Crippen LogP contribution >= 0.6 is 11.6 Å². The van der Waals surface area contributed by atoms with Crippen LogP contribution in [-0.4, -0.2) is 10.4 Å². The third kappa shape index (κ3) is 3.79. The molecule has 0 bridgehead atoms. The Morgan fingerprint density at radius 2 is 1.94 bits per heavy atom. The van der Waals surface area contributed by atoms with Gasteiger partial charge >= 0.3 is 0 Å². The van der Waals surface area contributed by atoms with Crippen LogP contribution in [0.1, 0.15) is 44.1 Å². The molecule has 1 aliphatic rings. The SMILES string of the molecule is ClC(CCC1CCCC1)Cc1ccncc1. The highest BCUT2D eigenvalue weighted by Crippen LogP contribution is 2.30. The van der Waals surface area contributed by atoms with Crippen LogP contribution in [-0.2, 0) is 6.42 Å². The lowest BCUT2D eigenvalue weighted by atomic mass is 9.98. The molecule has 1 saturated carbocycles. The molecule has 16 heavy (non-hydrogen) atoms. The van der Waals surface area contributed by atoms with Gasteiger partial charge in [-0.2, -0.15) is 0 Å². The molecule has 1 heterocycles. The lowest BCUT2D eigenvalue weighted by molar-refractivity contribution is 0.476. The van der Waals surface area contributed by atoms with Crippen LogP contribution < -0.4 is 0 Å². The number of nitrogens with zero attached hydrogens (tertiary/aromatic N) is 1. The van der Waals surface area contributed by atoms with Crippen molar-refractivity contribution >= 4 is 11.6 Å². The van der Waals surface area contributed by atoms with Crippen LogP contribution in [0.25, 0.3) is 0 Å². The number of hydrogen-bond acceptors (Lipinski definition) is 1. The summed E-state index contributed by atoms with van der Waals surface area (Å²) < 4.78 is 0. The van der Waals surface area contributed by atoms with Gasteiger partial charge in [-0.3, -0.25) is 4.98 Å². The maximum Gasteiger partial charge on any atom is 0.0376 e. The van der Waals surface area contributed by atoms with E-state index in [0.29, 0.717) is 5.38 Å². The van der Waals surface area contributed by atoms with Gasteiger partial charge in [0, 0.05) is 17.8 Å². The average molecular weight is 238 g/mol. The normalized spacial score (nSPS) is 18.8. The molecule has 1 fully saturated rings. The lowest BCUT2D eigenvalue weighted by Crippen LogP contribution is -2.06. The smallest absolute Gasteiger partial charge is 0.0376 e. The van der Waals surface area contributed by atoms with Gasteiger partial charge in [0.05, 0.1) is 0 Å². The van der Waals surface area contributed by atoms with Crippen LogP contribution in [0.15, 0.2) is 24.5 Å². The molecule has 1 aromatic heterocycles. The van der Waals surface area contributed by atoms with Gasteiger partial charge in [0.15, 0.2) is 0 Å². The Morgan fingerprint density at radius 1 is 1.25 bits per heavy atom. The summed E-state index contributed by atoms with van der Waals surface area (Å²) in [5, 5.41) is 0.294. The van der Waals surface area contributed by atoms with Crippen molar-refractivity contribution in [1.29, 1.82) is 0 Å². The average Bonchev–Trinajstić information content (AvgIpc) is 2.81. The molecule has 2 rings (SSSR count). The maximum absolute atomic E-state index is 6.37. The van der Waals surface area contributed by atoms with Gasteiger partial charge in [0.2, 0.25) is 0 Å². The second-order valence-corrected chi connectivity index (χ2v) is 5.50. The highest BCUT2D eigenvalue weighted by Gasteiger charge is 2.16. The highest BCUT2D eigenvalue weighted by atomic mass is 35.5. The molecule has 0 aliphatic heterocycles. The van der Waals surface area contributed by atoms with Crippen molar-refractivity contribution in [3.05, 3.63) is 30.1 Å². The fourth-order valence-electron chi connectivity index (χ4n) is 2.59. The molecule has 88 valence electrons. The van der Waals surface area contributed by atoms with Crippen molar-refractivity contribution < 1.29 is 0 Å². The van der Waals surface area contributed by atoms with Gasteiger partial charge in [-0.05, 0) is 42.9 Å². The number of pyridine rings is 1. The van der Waals surface area contributed by atoms with E-state index in [-0.39, 0.29) is 0 Å². The van der Waals surface area contributed by atoms with E-state index in [4.69, 9.17) is 11.6 Å². The zero-order valence-electron chi connectivity index (χ0n) is 9.74. The van der Waals surface area contributed by atoms with Crippen molar-refractivity contribution in [2.45, 2.75) is 50.3 Å². The van der Waals surface area contributed by atoms with Crippen molar-refractivity contribution in [3.63, 3.8) is 0 Å². The van der Waals surface area contributed by atoms with E-state index >= 15 is 0 Å². The molecule has 1 aliphatic carbocycles. The molecule has 1 atom stereocenters. The van der Waals surface area contributed by atoms with E-state index < -0.39 is 0 Å². The van der Waals surface area contributed by atoms with Crippen molar-refractivity contribution in [3.8, 4) is 0 Å². The molecule has 1 aromatic rings. The Morgan fingerprint density at radius 3 is 2.62 bits per heavy atom. The number of aromatic nitrogens is 1. The van der Waals surface area contributed by atoms with E-state index in [1.54, 1.807) is 0 Å². The second-order valence-electron chi connectivity index (χ2n) is 4.88. The number of hydrogen-bond donors (Lipinski definition) is 0. The molecule has 0 N–H and O–H groups in total. The number of alkyl halides is 1. The first-order valence-corrected chi connectivity index (χ1v) is 6.81. The minimum absolute atomic E-state index is 0.294. The van der Waals surface area contributed by atoms with Crippen LogP contribution in [0.2, 0.25) is 0 Å². The molecule has 1 nitrogen and oxygen atoms in total. The Kier molecular flexibility index (Phi) is 4.65. The summed E-state index contributed by atoms with van der Waals surface area (Å²) in [7, 11) is 0. The molecule has 0 saturated heterocycles. The third-order valence-corrected chi connectivity index (χ3v) is 3.94. The molecular weight excluding hydrogens is 218 g/mol. The molecule has 0 spiro atoms. The predicted molar refractivity (Wildman–Crippen MR) is 68.8 cm³/mol. The molecule has 1 unspecified atom stereocenters. The Bertz CT molecular complexity index is 293. The van der Waals surface area contributed by atoms with Gasteiger partial charge in [-0.15, -0.1) is 11.6 Å². The second kappa shape index (κ2) is 6.24. The molecule has 0 radical (unpaired) electrons. The Hall–Kier alpha value is -0.560.